The lowest BCUT2D eigenvalue weighted by Gasteiger charge is -2.15. The third kappa shape index (κ3) is 1.71. The van der Waals surface area contributed by atoms with Gasteiger partial charge in [-0.3, -0.25) is 4.98 Å². The first-order chi connectivity index (χ1) is 5.13. The van der Waals surface area contributed by atoms with Crippen molar-refractivity contribution >= 4 is 21.6 Å². The SMILES string of the molecule is Cc1c(Br)cncc1N(C)C. The minimum Gasteiger partial charge on any atom is -0.376 e. The summed E-state index contributed by atoms with van der Waals surface area (Å²) >= 11 is 3.43. The maximum Gasteiger partial charge on any atom is 0.0588 e. The molecule has 1 rings (SSSR count). The average molecular weight is 215 g/mol. The van der Waals surface area contributed by atoms with Gasteiger partial charge >= 0.3 is 0 Å². The van der Waals surface area contributed by atoms with Gasteiger partial charge in [0.2, 0.25) is 0 Å². The maximum absolute atomic E-state index is 4.08. The second-order valence-corrected chi connectivity index (χ2v) is 3.51. The number of aromatic nitrogens is 1. The Kier molecular flexibility index (Phi) is 2.49. The van der Waals surface area contributed by atoms with E-state index >= 15 is 0 Å². The summed E-state index contributed by atoms with van der Waals surface area (Å²) in [6, 6.07) is 0. The monoisotopic (exact) mass is 214 g/mol. The molecule has 0 bridgehead atoms. The van der Waals surface area contributed by atoms with Crippen molar-refractivity contribution in [2.75, 3.05) is 19.0 Å². The van der Waals surface area contributed by atoms with Gasteiger partial charge in [0, 0.05) is 24.8 Å². The largest absolute Gasteiger partial charge is 0.376 e. The van der Waals surface area contributed by atoms with E-state index in [-0.39, 0.29) is 0 Å². The molecule has 0 fully saturated rings. The fourth-order valence-corrected chi connectivity index (χ4v) is 1.26. The quantitative estimate of drug-likeness (QED) is 0.713. The highest BCUT2D eigenvalue weighted by atomic mass is 79.9. The normalized spacial score (nSPS) is 9.82. The van der Waals surface area contributed by atoms with Crippen molar-refractivity contribution in [1.29, 1.82) is 0 Å². The molecule has 0 aliphatic rings. The van der Waals surface area contributed by atoms with Crippen LogP contribution in [0.2, 0.25) is 0 Å². The van der Waals surface area contributed by atoms with E-state index in [1.807, 2.05) is 31.4 Å². The van der Waals surface area contributed by atoms with Crippen LogP contribution in [-0.2, 0) is 0 Å². The van der Waals surface area contributed by atoms with Crippen molar-refractivity contribution in [3.05, 3.63) is 22.4 Å². The number of pyridine rings is 1. The number of hydrogen-bond donors (Lipinski definition) is 0. The molecule has 0 saturated heterocycles. The van der Waals surface area contributed by atoms with Crippen LogP contribution in [0.1, 0.15) is 5.56 Å². The summed E-state index contributed by atoms with van der Waals surface area (Å²) in [5.41, 5.74) is 2.38. The molecule has 60 valence electrons. The second-order valence-electron chi connectivity index (χ2n) is 2.66. The van der Waals surface area contributed by atoms with Gasteiger partial charge in [-0.05, 0) is 28.4 Å². The molecule has 0 aliphatic carbocycles. The zero-order chi connectivity index (χ0) is 8.43. The summed E-state index contributed by atoms with van der Waals surface area (Å²) in [4.78, 5) is 6.13. The standard InChI is InChI=1S/C8H11BrN2/c1-6-7(9)4-10-5-8(6)11(2)3/h4-5H,1-3H3. The molecule has 0 amide bonds. The van der Waals surface area contributed by atoms with Gasteiger partial charge in [-0.25, -0.2) is 0 Å². The van der Waals surface area contributed by atoms with Gasteiger partial charge in [-0.2, -0.15) is 0 Å². The van der Waals surface area contributed by atoms with Crippen molar-refractivity contribution < 1.29 is 0 Å². The molecule has 0 spiro atoms. The summed E-state index contributed by atoms with van der Waals surface area (Å²) in [5, 5.41) is 0. The summed E-state index contributed by atoms with van der Waals surface area (Å²) in [6.07, 6.45) is 3.67. The summed E-state index contributed by atoms with van der Waals surface area (Å²) < 4.78 is 1.06. The zero-order valence-corrected chi connectivity index (χ0v) is 8.51. The van der Waals surface area contributed by atoms with E-state index in [0.717, 1.165) is 10.2 Å². The van der Waals surface area contributed by atoms with Crippen LogP contribution in [0, 0.1) is 6.92 Å². The smallest absolute Gasteiger partial charge is 0.0588 e. The van der Waals surface area contributed by atoms with Crippen LogP contribution < -0.4 is 4.90 Å². The van der Waals surface area contributed by atoms with Crippen LogP contribution in [0.4, 0.5) is 5.69 Å². The Bertz CT molecular complexity index is 258. The van der Waals surface area contributed by atoms with Crippen LogP contribution in [-0.4, -0.2) is 19.1 Å². The Morgan fingerprint density at radius 3 is 2.45 bits per heavy atom. The molecule has 1 aromatic heterocycles. The highest BCUT2D eigenvalue weighted by Gasteiger charge is 2.02. The molecule has 0 atom stereocenters. The molecule has 1 aromatic rings. The Labute approximate surface area is 75.4 Å². The van der Waals surface area contributed by atoms with Gasteiger partial charge in [0.05, 0.1) is 11.9 Å². The average Bonchev–Trinajstić information content (AvgIpc) is 1.94. The Morgan fingerprint density at radius 2 is 2.00 bits per heavy atom. The Hall–Kier alpha value is -0.570. The summed E-state index contributed by atoms with van der Waals surface area (Å²) in [5.74, 6) is 0. The lowest BCUT2D eigenvalue weighted by Crippen LogP contribution is -2.10. The Morgan fingerprint density at radius 1 is 1.36 bits per heavy atom. The predicted molar refractivity (Wildman–Crippen MR) is 51.0 cm³/mol. The highest BCUT2D eigenvalue weighted by Crippen LogP contribution is 2.23. The minimum atomic E-state index is 1.06. The third-order valence-electron chi connectivity index (χ3n) is 1.61. The maximum atomic E-state index is 4.08. The minimum absolute atomic E-state index is 1.06. The molecule has 0 unspecified atom stereocenters. The van der Waals surface area contributed by atoms with Crippen molar-refractivity contribution in [2.24, 2.45) is 0 Å². The summed E-state index contributed by atoms with van der Waals surface area (Å²) in [7, 11) is 4.02. The molecule has 0 saturated carbocycles. The van der Waals surface area contributed by atoms with Crippen molar-refractivity contribution in [2.45, 2.75) is 6.92 Å². The first-order valence-corrected chi connectivity index (χ1v) is 4.19. The zero-order valence-electron chi connectivity index (χ0n) is 6.93. The van der Waals surface area contributed by atoms with Gasteiger partial charge in [0.1, 0.15) is 0 Å². The number of rotatable bonds is 1. The second kappa shape index (κ2) is 3.22. The van der Waals surface area contributed by atoms with Crippen LogP contribution >= 0.6 is 15.9 Å². The molecule has 1 heterocycles. The van der Waals surface area contributed by atoms with E-state index in [9.17, 15) is 0 Å². The van der Waals surface area contributed by atoms with Crippen LogP contribution in [0.3, 0.4) is 0 Å². The molecule has 11 heavy (non-hydrogen) atoms. The van der Waals surface area contributed by atoms with E-state index in [1.54, 1.807) is 0 Å². The van der Waals surface area contributed by atoms with Gasteiger partial charge in [-0.15, -0.1) is 0 Å². The van der Waals surface area contributed by atoms with E-state index < -0.39 is 0 Å². The van der Waals surface area contributed by atoms with Crippen LogP contribution in [0.15, 0.2) is 16.9 Å². The summed E-state index contributed by atoms with van der Waals surface area (Å²) in [6.45, 7) is 2.07. The van der Waals surface area contributed by atoms with Crippen LogP contribution in [0.25, 0.3) is 0 Å². The predicted octanol–water partition coefficient (Wildman–Crippen LogP) is 2.22. The van der Waals surface area contributed by atoms with Crippen molar-refractivity contribution in [3.63, 3.8) is 0 Å². The molecule has 0 radical (unpaired) electrons. The van der Waals surface area contributed by atoms with E-state index in [2.05, 4.69) is 27.8 Å². The lowest BCUT2D eigenvalue weighted by molar-refractivity contribution is 1.08. The first kappa shape index (κ1) is 8.53. The third-order valence-corrected chi connectivity index (χ3v) is 2.41. The highest BCUT2D eigenvalue weighted by molar-refractivity contribution is 9.10. The topological polar surface area (TPSA) is 16.1 Å². The molecule has 0 N–H and O–H groups in total. The fraction of sp³-hybridized carbons (Fsp3) is 0.375. The van der Waals surface area contributed by atoms with Crippen molar-refractivity contribution in [1.82, 2.24) is 4.98 Å². The first-order valence-electron chi connectivity index (χ1n) is 3.40. The van der Waals surface area contributed by atoms with E-state index in [4.69, 9.17) is 0 Å². The van der Waals surface area contributed by atoms with Gasteiger partial charge in [0.25, 0.3) is 0 Å². The number of nitrogens with zero attached hydrogens (tertiary/aromatic N) is 2. The molecular weight excluding hydrogens is 204 g/mol. The molecule has 0 aliphatic heterocycles. The number of halogens is 1. The van der Waals surface area contributed by atoms with Gasteiger partial charge in [-0.1, -0.05) is 0 Å². The van der Waals surface area contributed by atoms with E-state index in [1.165, 1.54) is 5.56 Å². The number of anilines is 1. The van der Waals surface area contributed by atoms with Gasteiger partial charge in [0.15, 0.2) is 0 Å². The van der Waals surface area contributed by atoms with E-state index in [0.29, 0.717) is 0 Å². The molecule has 0 aromatic carbocycles. The molecular formula is C8H11BrN2. The van der Waals surface area contributed by atoms with Gasteiger partial charge < -0.3 is 4.90 Å². The molecule has 3 heteroatoms. The lowest BCUT2D eigenvalue weighted by atomic mass is 10.2. The molecule has 2 nitrogen and oxygen atoms in total. The van der Waals surface area contributed by atoms with Crippen LogP contribution in [0.5, 0.6) is 0 Å². The fourth-order valence-electron chi connectivity index (χ4n) is 0.940. The number of hydrogen-bond acceptors (Lipinski definition) is 2. The Balaban J connectivity index is 3.17. The van der Waals surface area contributed by atoms with Crippen molar-refractivity contribution in [3.8, 4) is 0 Å².